The van der Waals surface area contributed by atoms with Crippen LogP contribution < -0.4 is 14.8 Å². The van der Waals surface area contributed by atoms with E-state index in [4.69, 9.17) is 18.9 Å². The van der Waals surface area contributed by atoms with Crippen molar-refractivity contribution in [1.82, 2.24) is 10.2 Å². The molecule has 7 nitrogen and oxygen atoms in total. The highest BCUT2D eigenvalue weighted by Gasteiger charge is 2.48. The predicted molar refractivity (Wildman–Crippen MR) is 94.4 cm³/mol. The minimum absolute atomic E-state index is 0.0230. The summed E-state index contributed by atoms with van der Waals surface area (Å²) in [6, 6.07) is 5.82. The lowest BCUT2D eigenvalue weighted by Gasteiger charge is -2.38. The van der Waals surface area contributed by atoms with Crippen LogP contribution in [-0.4, -0.2) is 57.2 Å². The Labute approximate surface area is 153 Å². The number of rotatable bonds is 4. The molecule has 142 valence electrons. The van der Waals surface area contributed by atoms with Gasteiger partial charge in [0.25, 0.3) is 0 Å². The van der Waals surface area contributed by atoms with Crippen molar-refractivity contribution < 1.29 is 23.7 Å². The van der Waals surface area contributed by atoms with Gasteiger partial charge in [0, 0.05) is 25.9 Å². The molecule has 2 saturated heterocycles. The fourth-order valence-corrected chi connectivity index (χ4v) is 3.86. The zero-order chi connectivity index (χ0) is 18.2. The summed E-state index contributed by atoms with van der Waals surface area (Å²) in [5, 5.41) is 3.23. The van der Waals surface area contributed by atoms with Crippen molar-refractivity contribution in [3.8, 4) is 11.5 Å². The van der Waals surface area contributed by atoms with Gasteiger partial charge in [-0.25, -0.2) is 4.79 Å². The highest BCUT2D eigenvalue weighted by molar-refractivity contribution is 5.76. The molecule has 1 saturated carbocycles. The number of benzene rings is 1. The molecule has 0 bridgehead atoms. The van der Waals surface area contributed by atoms with E-state index in [1.807, 2.05) is 23.1 Å². The first-order valence-electron chi connectivity index (χ1n) is 9.17. The molecule has 0 radical (unpaired) electrons. The predicted octanol–water partition coefficient (Wildman–Crippen LogP) is 2.24. The van der Waals surface area contributed by atoms with Gasteiger partial charge < -0.3 is 29.2 Å². The lowest BCUT2D eigenvalue weighted by molar-refractivity contribution is -0.181. The summed E-state index contributed by atoms with van der Waals surface area (Å²) in [6.07, 6.45) is 3.31. The van der Waals surface area contributed by atoms with Crippen molar-refractivity contribution in [2.45, 2.75) is 37.0 Å². The minimum atomic E-state index is -0.461. The van der Waals surface area contributed by atoms with E-state index in [0.717, 1.165) is 31.2 Å². The molecule has 2 aliphatic heterocycles. The lowest BCUT2D eigenvalue weighted by atomic mass is 10.0. The van der Waals surface area contributed by atoms with Crippen LogP contribution in [0.5, 0.6) is 11.5 Å². The Balaban J connectivity index is 1.41. The molecule has 3 fully saturated rings. The van der Waals surface area contributed by atoms with Gasteiger partial charge in [0.2, 0.25) is 0 Å². The van der Waals surface area contributed by atoms with E-state index in [2.05, 4.69) is 5.32 Å². The molecule has 0 atom stereocenters. The fraction of sp³-hybridized carbons (Fsp3) is 0.632. The number of carbonyl (C=O) groups is 1. The number of likely N-dealkylation sites (tertiary alicyclic amines) is 1. The largest absolute Gasteiger partial charge is 0.493 e. The van der Waals surface area contributed by atoms with Crippen molar-refractivity contribution in [2.75, 3.05) is 40.5 Å². The van der Waals surface area contributed by atoms with Crippen molar-refractivity contribution >= 4 is 6.03 Å². The molecule has 4 rings (SSSR count). The average Bonchev–Trinajstić information content (AvgIpc) is 3.32. The number of urea groups is 1. The first-order valence-corrected chi connectivity index (χ1v) is 9.17. The molecule has 0 unspecified atom stereocenters. The summed E-state index contributed by atoms with van der Waals surface area (Å²) >= 11 is 0. The SMILES string of the molecule is COc1ccc(C2(NC(=O)N3CCC4(CC3)OCCO4)CC2)cc1OC. The molecule has 26 heavy (non-hydrogen) atoms. The fourth-order valence-electron chi connectivity index (χ4n) is 3.86. The van der Waals surface area contributed by atoms with Gasteiger partial charge in [0.15, 0.2) is 17.3 Å². The zero-order valence-corrected chi connectivity index (χ0v) is 15.4. The number of piperidine rings is 1. The molecule has 1 aromatic carbocycles. The van der Waals surface area contributed by atoms with Crippen LogP contribution in [0.25, 0.3) is 0 Å². The summed E-state index contributed by atoms with van der Waals surface area (Å²) in [4.78, 5) is 14.6. The number of ether oxygens (including phenoxy) is 4. The van der Waals surface area contributed by atoms with Crippen molar-refractivity contribution in [2.24, 2.45) is 0 Å². The van der Waals surface area contributed by atoms with Crippen LogP contribution in [0, 0.1) is 0 Å². The second kappa shape index (κ2) is 6.63. The number of hydrogen-bond acceptors (Lipinski definition) is 5. The van der Waals surface area contributed by atoms with Crippen LogP contribution in [0.15, 0.2) is 18.2 Å². The monoisotopic (exact) mass is 362 g/mol. The van der Waals surface area contributed by atoms with Crippen LogP contribution in [0.3, 0.4) is 0 Å². The van der Waals surface area contributed by atoms with Crippen molar-refractivity contribution in [3.05, 3.63) is 23.8 Å². The third-order valence-electron chi connectivity index (χ3n) is 5.66. The Kier molecular flexibility index (Phi) is 4.44. The third-order valence-corrected chi connectivity index (χ3v) is 5.66. The van der Waals surface area contributed by atoms with Crippen LogP contribution in [0.1, 0.15) is 31.2 Å². The maximum absolute atomic E-state index is 12.8. The van der Waals surface area contributed by atoms with Crippen LogP contribution in [-0.2, 0) is 15.0 Å². The summed E-state index contributed by atoms with van der Waals surface area (Å²) < 4.78 is 22.2. The Morgan fingerprint density at radius 1 is 1.04 bits per heavy atom. The number of amides is 2. The van der Waals surface area contributed by atoms with E-state index >= 15 is 0 Å². The van der Waals surface area contributed by atoms with Crippen LogP contribution >= 0.6 is 0 Å². The van der Waals surface area contributed by atoms with Gasteiger partial charge in [-0.15, -0.1) is 0 Å². The molecule has 1 aliphatic carbocycles. The first-order chi connectivity index (χ1) is 12.6. The van der Waals surface area contributed by atoms with E-state index < -0.39 is 5.79 Å². The quantitative estimate of drug-likeness (QED) is 0.890. The summed E-state index contributed by atoms with van der Waals surface area (Å²) in [7, 11) is 3.24. The van der Waals surface area contributed by atoms with Crippen LogP contribution in [0.2, 0.25) is 0 Å². The molecule has 1 N–H and O–H groups in total. The van der Waals surface area contributed by atoms with Gasteiger partial charge in [0.1, 0.15) is 0 Å². The van der Waals surface area contributed by atoms with Gasteiger partial charge in [-0.2, -0.15) is 0 Å². The van der Waals surface area contributed by atoms with E-state index in [1.54, 1.807) is 14.2 Å². The maximum atomic E-state index is 12.8. The summed E-state index contributed by atoms with van der Waals surface area (Å²) in [5.74, 6) is 0.912. The van der Waals surface area contributed by atoms with Crippen LogP contribution in [0.4, 0.5) is 4.79 Å². The highest BCUT2D eigenvalue weighted by Crippen LogP contribution is 2.47. The Hall–Kier alpha value is -1.99. The molecule has 7 heteroatoms. The molecule has 2 amide bonds. The van der Waals surface area contributed by atoms with Gasteiger partial charge >= 0.3 is 6.03 Å². The number of carbonyl (C=O) groups excluding carboxylic acids is 1. The number of nitrogens with zero attached hydrogens (tertiary/aromatic N) is 1. The highest BCUT2D eigenvalue weighted by atomic mass is 16.7. The number of methoxy groups -OCH3 is 2. The van der Waals surface area contributed by atoms with Gasteiger partial charge in [-0.3, -0.25) is 0 Å². The summed E-state index contributed by atoms with van der Waals surface area (Å²) in [6.45, 7) is 2.59. The van der Waals surface area contributed by atoms with E-state index in [0.29, 0.717) is 37.8 Å². The Bertz CT molecular complexity index is 673. The maximum Gasteiger partial charge on any atom is 0.318 e. The van der Waals surface area contributed by atoms with E-state index in [-0.39, 0.29) is 11.6 Å². The first kappa shape index (κ1) is 17.4. The van der Waals surface area contributed by atoms with Crippen molar-refractivity contribution in [1.29, 1.82) is 0 Å². The number of hydrogen-bond donors (Lipinski definition) is 1. The normalized spacial score (nSPS) is 22.9. The second-order valence-corrected chi connectivity index (χ2v) is 7.18. The molecule has 1 aromatic rings. The standard InChI is InChI=1S/C19H26N2O5/c1-23-15-4-3-14(13-16(15)24-2)18(5-6-18)20-17(22)21-9-7-19(8-10-21)25-11-12-26-19/h3-4,13H,5-12H2,1-2H3,(H,20,22). The van der Waals surface area contributed by atoms with Crippen molar-refractivity contribution in [3.63, 3.8) is 0 Å². The zero-order valence-electron chi connectivity index (χ0n) is 15.4. The molecule has 0 aromatic heterocycles. The van der Waals surface area contributed by atoms with Gasteiger partial charge in [0.05, 0.1) is 33.0 Å². The molecular weight excluding hydrogens is 336 g/mol. The minimum Gasteiger partial charge on any atom is -0.493 e. The van der Waals surface area contributed by atoms with E-state index in [9.17, 15) is 4.79 Å². The smallest absolute Gasteiger partial charge is 0.318 e. The topological polar surface area (TPSA) is 69.3 Å². The molecule has 2 heterocycles. The summed E-state index contributed by atoms with van der Waals surface area (Å²) in [5.41, 5.74) is 0.756. The lowest BCUT2D eigenvalue weighted by Crippen LogP contribution is -2.52. The molecule has 1 spiro atoms. The van der Waals surface area contributed by atoms with Gasteiger partial charge in [-0.05, 0) is 30.5 Å². The second-order valence-electron chi connectivity index (χ2n) is 7.18. The molecule has 3 aliphatic rings. The third kappa shape index (κ3) is 3.10. The van der Waals surface area contributed by atoms with E-state index in [1.165, 1.54) is 0 Å². The Morgan fingerprint density at radius 2 is 1.69 bits per heavy atom. The Morgan fingerprint density at radius 3 is 2.27 bits per heavy atom. The molecular formula is C19H26N2O5. The number of nitrogens with one attached hydrogen (secondary N) is 1. The van der Waals surface area contributed by atoms with Gasteiger partial charge in [-0.1, -0.05) is 6.07 Å². The average molecular weight is 362 g/mol.